The van der Waals surface area contributed by atoms with Gasteiger partial charge in [0.25, 0.3) is 0 Å². The molecular weight excluding hydrogens is 312 g/mol. The van der Waals surface area contributed by atoms with Crippen molar-refractivity contribution in [3.8, 4) is 11.1 Å². The highest BCUT2D eigenvalue weighted by molar-refractivity contribution is 5.72. The molecule has 1 aliphatic rings. The molecule has 0 saturated heterocycles. The highest BCUT2D eigenvalue weighted by Gasteiger charge is 2.24. The highest BCUT2D eigenvalue weighted by atomic mass is 14.3. The number of rotatable bonds is 2. The van der Waals surface area contributed by atoms with Gasteiger partial charge < -0.3 is 0 Å². The van der Waals surface area contributed by atoms with Crippen LogP contribution in [-0.2, 0) is 19.3 Å². The monoisotopic (exact) mass is 340 g/mol. The lowest BCUT2D eigenvalue weighted by Crippen LogP contribution is -2.08. The van der Waals surface area contributed by atoms with Gasteiger partial charge in [-0.25, -0.2) is 0 Å². The van der Waals surface area contributed by atoms with Crippen molar-refractivity contribution in [3.63, 3.8) is 0 Å². The number of fused-ring (bicyclic) bond motifs is 3. The van der Waals surface area contributed by atoms with Crippen LogP contribution in [0, 0.1) is 20.8 Å². The predicted molar refractivity (Wildman–Crippen MR) is 112 cm³/mol. The third-order valence-corrected chi connectivity index (χ3v) is 6.11. The quantitative estimate of drug-likeness (QED) is 0.485. The summed E-state index contributed by atoms with van der Waals surface area (Å²) in [5, 5.41) is 0. The normalized spacial score (nSPS) is 15.9. The molecule has 0 amide bonds. The lowest BCUT2D eigenvalue weighted by atomic mass is 9.84. The molecule has 0 aromatic heterocycles. The molecule has 0 bridgehead atoms. The Labute approximate surface area is 157 Å². The van der Waals surface area contributed by atoms with E-state index in [9.17, 15) is 0 Å². The van der Waals surface area contributed by atoms with Gasteiger partial charge in [-0.2, -0.15) is 0 Å². The molecule has 0 spiro atoms. The molecule has 3 aromatic rings. The van der Waals surface area contributed by atoms with Gasteiger partial charge >= 0.3 is 0 Å². The van der Waals surface area contributed by atoms with E-state index in [1.54, 1.807) is 0 Å². The van der Waals surface area contributed by atoms with Gasteiger partial charge in [-0.15, -0.1) is 0 Å². The minimum absolute atomic E-state index is 0.545. The molecule has 0 heterocycles. The van der Waals surface area contributed by atoms with Crippen LogP contribution >= 0.6 is 0 Å². The van der Waals surface area contributed by atoms with Crippen LogP contribution in [0.15, 0.2) is 54.6 Å². The Morgan fingerprint density at radius 2 is 1.54 bits per heavy atom. The maximum atomic E-state index is 2.45. The van der Waals surface area contributed by atoms with Crippen molar-refractivity contribution in [1.82, 2.24) is 0 Å². The molecule has 0 nitrogen and oxygen atoms in total. The van der Waals surface area contributed by atoms with E-state index < -0.39 is 0 Å². The third kappa shape index (κ3) is 2.98. The molecule has 4 rings (SSSR count). The molecule has 132 valence electrons. The van der Waals surface area contributed by atoms with Crippen molar-refractivity contribution in [2.24, 2.45) is 0 Å². The molecule has 0 saturated carbocycles. The second kappa shape index (κ2) is 6.76. The summed E-state index contributed by atoms with van der Waals surface area (Å²) in [4.78, 5) is 0. The van der Waals surface area contributed by atoms with Gasteiger partial charge in [0.15, 0.2) is 0 Å². The molecule has 26 heavy (non-hydrogen) atoms. The fraction of sp³-hybridized carbons (Fsp3) is 0.308. The van der Waals surface area contributed by atoms with Crippen molar-refractivity contribution < 1.29 is 0 Å². The van der Waals surface area contributed by atoms with Gasteiger partial charge in [-0.05, 0) is 90.5 Å². The zero-order valence-electron chi connectivity index (χ0n) is 16.4. The summed E-state index contributed by atoms with van der Waals surface area (Å²) >= 11 is 0. The average molecular weight is 341 g/mol. The molecule has 0 aliphatic heterocycles. The van der Waals surface area contributed by atoms with Gasteiger partial charge in [-0.1, -0.05) is 67.1 Å². The number of aryl methyl sites for hydroxylation is 3. The minimum Gasteiger partial charge on any atom is -0.0620 e. The van der Waals surface area contributed by atoms with Crippen LogP contribution in [0.2, 0.25) is 0 Å². The van der Waals surface area contributed by atoms with Crippen LogP contribution in [0.25, 0.3) is 11.1 Å². The fourth-order valence-electron chi connectivity index (χ4n) is 4.58. The second-order valence-corrected chi connectivity index (χ2v) is 7.90. The summed E-state index contributed by atoms with van der Waals surface area (Å²) in [5.74, 6) is 0.545. The Morgan fingerprint density at radius 1 is 0.808 bits per heavy atom. The first-order valence-electron chi connectivity index (χ1n) is 9.84. The topological polar surface area (TPSA) is 0 Å². The SMILES string of the molecule is CCc1ccc2c(c1)CC(c1cc(C)cc(C)c1C)Cc1ccccc1-2. The summed E-state index contributed by atoms with van der Waals surface area (Å²) in [6, 6.07) is 20.8. The lowest BCUT2D eigenvalue weighted by molar-refractivity contribution is 0.682. The van der Waals surface area contributed by atoms with Crippen LogP contribution in [0.4, 0.5) is 0 Å². The van der Waals surface area contributed by atoms with E-state index in [-0.39, 0.29) is 0 Å². The van der Waals surface area contributed by atoms with Crippen LogP contribution in [0.5, 0.6) is 0 Å². The van der Waals surface area contributed by atoms with E-state index in [0.717, 1.165) is 19.3 Å². The first-order chi connectivity index (χ1) is 12.6. The number of hydrogen-bond acceptors (Lipinski definition) is 0. The van der Waals surface area contributed by atoms with Gasteiger partial charge in [0.2, 0.25) is 0 Å². The molecule has 0 radical (unpaired) electrons. The average Bonchev–Trinajstić information content (AvgIpc) is 2.80. The van der Waals surface area contributed by atoms with Crippen molar-refractivity contribution in [1.29, 1.82) is 0 Å². The van der Waals surface area contributed by atoms with E-state index in [2.05, 4.69) is 82.3 Å². The van der Waals surface area contributed by atoms with Crippen LogP contribution in [-0.4, -0.2) is 0 Å². The van der Waals surface area contributed by atoms with E-state index in [4.69, 9.17) is 0 Å². The van der Waals surface area contributed by atoms with Crippen LogP contribution < -0.4 is 0 Å². The first-order valence-corrected chi connectivity index (χ1v) is 9.84. The van der Waals surface area contributed by atoms with Gasteiger partial charge in [0, 0.05) is 0 Å². The van der Waals surface area contributed by atoms with Crippen molar-refractivity contribution in [3.05, 3.63) is 93.5 Å². The van der Waals surface area contributed by atoms with Gasteiger partial charge in [-0.3, -0.25) is 0 Å². The zero-order valence-corrected chi connectivity index (χ0v) is 16.4. The van der Waals surface area contributed by atoms with Gasteiger partial charge in [0.05, 0.1) is 0 Å². The maximum absolute atomic E-state index is 2.45. The Kier molecular flexibility index (Phi) is 4.44. The zero-order chi connectivity index (χ0) is 18.3. The molecule has 1 aliphatic carbocycles. The van der Waals surface area contributed by atoms with E-state index in [0.29, 0.717) is 5.92 Å². The maximum Gasteiger partial charge on any atom is -0.00778 e. The van der Waals surface area contributed by atoms with Crippen molar-refractivity contribution in [2.45, 2.75) is 52.9 Å². The molecule has 0 heteroatoms. The summed E-state index contributed by atoms with van der Waals surface area (Å²) in [6.45, 7) is 9.02. The third-order valence-electron chi connectivity index (χ3n) is 6.11. The predicted octanol–water partition coefficient (Wildman–Crippen LogP) is 6.72. The van der Waals surface area contributed by atoms with E-state index in [1.165, 1.54) is 50.1 Å². The fourth-order valence-corrected chi connectivity index (χ4v) is 4.58. The van der Waals surface area contributed by atoms with Crippen molar-refractivity contribution in [2.75, 3.05) is 0 Å². The Balaban J connectivity index is 1.90. The highest BCUT2D eigenvalue weighted by Crippen LogP contribution is 2.39. The lowest BCUT2D eigenvalue weighted by Gasteiger charge is -2.21. The minimum atomic E-state index is 0.545. The summed E-state index contributed by atoms with van der Waals surface area (Å²) in [5.41, 5.74) is 13.1. The Morgan fingerprint density at radius 3 is 2.35 bits per heavy atom. The Bertz CT molecular complexity index is 962. The molecular formula is C26H28. The molecule has 3 aromatic carbocycles. The molecule has 0 fully saturated rings. The van der Waals surface area contributed by atoms with E-state index in [1.807, 2.05) is 0 Å². The first kappa shape index (κ1) is 17.1. The standard InChI is InChI=1S/C26H28/c1-5-20-10-11-25-22(14-20)16-23(15-21-8-6-7-9-24(21)25)26-13-17(2)12-18(3)19(26)4/h6-14,23H,5,15-16H2,1-4H3. The van der Waals surface area contributed by atoms with Crippen LogP contribution in [0.1, 0.15) is 51.8 Å². The van der Waals surface area contributed by atoms with E-state index >= 15 is 0 Å². The Hall–Kier alpha value is -2.34. The smallest absolute Gasteiger partial charge is 0.00778 e. The summed E-state index contributed by atoms with van der Waals surface area (Å²) < 4.78 is 0. The number of hydrogen-bond donors (Lipinski definition) is 0. The van der Waals surface area contributed by atoms with Crippen molar-refractivity contribution >= 4 is 0 Å². The summed E-state index contributed by atoms with van der Waals surface area (Å²) in [7, 11) is 0. The summed E-state index contributed by atoms with van der Waals surface area (Å²) in [6.07, 6.45) is 3.35. The molecule has 1 atom stereocenters. The molecule has 1 unspecified atom stereocenters. The number of benzene rings is 3. The second-order valence-electron chi connectivity index (χ2n) is 7.90. The van der Waals surface area contributed by atoms with Gasteiger partial charge in [0.1, 0.15) is 0 Å². The molecule has 0 N–H and O–H groups in total. The largest absolute Gasteiger partial charge is 0.0620 e. The van der Waals surface area contributed by atoms with Crippen LogP contribution in [0.3, 0.4) is 0 Å².